The van der Waals surface area contributed by atoms with Gasteiger partial charge in [0.1, 0.15) is 0 Å². The predicted octanol–water partition coefficient (Wildman–Crippen LogP) is 1.06. The molecule has 0 saturated heterocycles. The lowest BCUT2D eigenvalue weighted by Gasteiger charge is -2.17. The molecule has 122 valence electrons. The Labute approximate surface area is 127 Å². The summed E-state index contributed by atoms with van der Waals surface area (Å²) < 4.78 is 12.6. The summed E-state index contributed by atoms with van der Waals surface area (Å²) in [7, 11) is 0. The van der Waals surface area contributed by atoms with Crippen molar-refractivity contribution in [3.8, 4) is 0 Å². The zero-order valence-corrected chi connectivity index (χ0v) is 13.2. The zero-order valence-electron chi connectivity index (χ0n) is 13.2. The number of nitrogens with zero attached hydrogens (tertiary/aromatic N) is 2. The van der Waals surface area contributed by atoms with Crippen LogP contribution in [0.5, 0.6) is 0 Å². The fourth-order valence-electron chi connectivity index (χ4n) is 1.84. The molecule has 6 heteroatoms. The van der Waals surface area contributed by atoms with Crippen LogP contribution in [0.25, 0.3) is 0 Å². The molecule has 0 aliphatic carbocycles. The summed E-state index contributed by atoms with van der Waals surface area (Å²) in [6.07, 6.45) is 5.41. The smallest absolute Gasteiger partial charge is 0.0897 e. The van der Waals surface area contributed by atoms with Crippen LogP contribution in [0.3, 0.4) is 0 Å². The molecule has 0 fully saturated rings. The normalized spacial score (nSPS) is 14.2. The van der Waals surface area contributed by atoms with Crippen LogP contribution in [0, 0.1) is 0 Å². The maximum Gasteiger partial charge on any atom is 0.0897 e. The van der Waals surface area contributed by atoms with Crippen LogP contribution in [0.1, 0.15) is 26.7 Å². The van der Waals surface area contributed by atoms with Crippen molar-refractivity contribution in [2.45, 2.75) is 45.4 Å². The van der Waals surface area contributed by atoms with E-state index in [2.05, 4.69) is 24.3 Å². The Hall–Kier alpha value is -0.950. The third-order valence-corrected chi connectivity index (χ3v) is 3.05. The second-order valence-electron chi connectivity index (χ2n) is 5.23. The Morgan fingerprint density at radius 2 is 2.10 bits per heavy atom. The molecule has 0 amide bonds. The maximum atomic E-state index is 9.81. The van der Waals surface area contributed by atoms with Crippen molar-refractivity contribution in [2.75, 3.05) is 33.0 Å². The lowest BCUT2D eigenvalue weighted by molar-refractivity contribution is 0.00318. The van der Waals surface area contributed by atoms with E-state index in [1.165, 1.54) is 0 Å². The van der Waals surface area contributed by atoms with E-state index in [0.29, 0.717) is 26.4 Å². The van der Waals surface area contributed by atoms with Crippen molar-refractivity contribution in [3.63, 3.8) is 0 Å². The van der Waals surface area contributed by atoms with E-state index >= 15 is 0 Å². The number of hydrogen-bond donors (Lipinski definition) is 2. The van der Waals surface area contributed by atoms with Crippen LogP contribution in [0.2, 0.25) is 0 Å². The van der Waals surface area contributed by atoms with E-state index in [1.807, 2.05) is 16.9 Å². The molecular formula is C15H29N3O3. The molecule has 0 aliphatic heterocycles. The molecule has 1 heterocycles. The van der Waals surface area contributed by atoms with E-state index in [0.717, 1.165) is 26.0 Å². The predicted molar refractivity (Wildman–Crippen MR) is 82.2 cm³/mol. The minimum atomic E-state index is -0.499. The Bertz CT molecular complexity index is 333. The quantitative estimate of drug-likeness (QED) is 0.533. The third kappa shape index (κ3) is 9.57. The summed E-state index contributed by atoms with van der Waals surface area (Å²) in [6, 6.07) is 2.15. The van der Waals surface area contributed by atoms with Gasteiger partial charge in [0.15, 0.2) is 0 Å². The first-order valence-electron chi connectivity index (χ1n) is 7.76. The topological polar surface area (TPSA) is 68.5 Å². The first kappa shape index (κ1) is 18.1. The standard InChI is InChI=1S/C15H29N3O3/c1-3-4-8-20-9-10-21-13-15(19)11-16-14(2)12-18-7-5-6-17-18/h5-7,14-16,19H,3-4,8-13H2,1-2H3. The highest BCUT2D eigenvalue weighted by molar-refractivity contribution is 4.79. The minimum absolute atomic E-state index is 0.247. The summed E-state index contributed by atoms with van der Waals surface area (Å²) in [6.45, 7) is 7.74. The molecule has 2 unspecified atom stereocenters. The second kappa shape index (κ2) is 11.7. The summed E-state index contributed by atoms with van der Waals surface area (Å²) in [5.41, 5.74) is 0. The largest absolute Gasteiger partial charge is 0.389 e. The molecular weight excluding hydrogens is 270 g/mol. The number of aliphatic hydroxyl groups excluding tert-OH is 1. The molecule has 0 spiro atoms. The van der Waals surface area contributed by atoms with Gasteiger partial charge < -0.3 is 19.9 Å². The van der Waals surface area contributed by atoms with Gasteiger partial charge in [-0.1, -0.05) is 13.3 Å². The number of unbranched alkanes of at least 4 members (excludes halogenated alkanes) is 1. The molecule has 0 bridgehead atoms. The van der Waals surface area contributed by atoms with Crippen molar-refractivity contribution in [1.29, 1.82) is 0 Å². The van der Waals surface area contributed by atoms with Gasteiger partial charge in [-0.3, -0.25) is 4.68 Å². The van der Waals surface area contributed by atoms with Crippen LogP contribution in [-0.2, 0) is 16.0 Å². The van der Waals surface area contributed by atoms with Gasteiger partial charge in [-0.25, -0.2) is 0 Å². The van der Waals surface area contributed by atoms with Gasteiger partial charge in [-0.05, 0) is 19.4 Å². The van der Waals surface area contributed by atoms with Gasteiger partial charge >= 0.3 is 0 Å². The molecule has 0 radical (unpaired) electrons. The lowest BCUT2D eigenvalue weighted by Crippen LogP contribution is -2.38. The van der Waals surface area contributed by atoms with E-state index in [1.54, 1.807) is 6.20 Å². The Balaban J connectivity index is 1.94. The van der Waals surface area contributed by atoms with Crippen LogP contribution in [0.4, 0.5) is 0 Å². The first-order valence-corrected chi connectivity index (χ1v) is 7.76. The van der Waals surface area contributed by atoms with Crippen molar-refractivity contribution in [1.82, 2.24) is 15.1 Å². The van der Waals surface area contributed by atoms with Crippen LogP contribution < -0.4 is 5.32 Å². The fraction of sp³-hybridized carbons (Fsp3) is 0.800. The van der Waals surface area contributed by atoms with Gasteiger partial charge in [0.2, 0.25) is 0 Å². The van der Waals surface area contributed by atoms with Gasteiger partial charge in [-0.2, -0.15) is 5.10 Å². The number of aromatic nitrogens is 2. The molecule has 0 saturated carbocycles. The second-order valence-corrected chi connectivity index (χ2v) is 5.23. The highest BCUT2D eigenvalue weighted by Crippen LogP contribution is 1.92. The summed E-state index contributed by atoms with van der Waals surface area (Å²) in [4.78, 5) is 0. The SMILES string of the molecule is CCCCOCCOCC(O)CNC(C)Cn1cccn1. The van der Waals surface area contributed by atoms with Crippen LogP contribution in [-0.4, -0.2) is 60.0 Å². The average molecular weight is 299 g/mol. The van der Waals surface area contributed by atoms with Crippen LogP contribution >= 0.6 is 0 Å². The van der Waals surface area contributed by atoms with Gasteiger partial charge in [0.05, 0.1) is 32.5 Å². The maximum absolute atomic E-state index is 9.81. The Kier molecular flexibility index (Phi) is 10.1. The number of rotatable bonds is 13. The van der Waals surface area contributed by atoms with E-state index in [-0.39, 0.29) is 6.04 Å². The molecule has 0 aromatic carbocycles. The van der Waals surface area contributed by atoms with E-state index < -0.39 is 6.10 Å². The molecule has 2 N–H and O–H groups in total. The Morgan fingerprint density at radius 1 is 1.29 bits per heavy atom. The lowest BCUT2D eigenvalue weighted by atomic mass is 10.3. The highest BCUT2D eigenvalue weighted by atomic mass is 16.5. The molecule has 1 aromatic rings. The highest BCUT2D eigenvalue weighted by Gasteiger charge is 2.08. The number of hydrogen-bond acceptors (Lipinski definition) is 5. The minimum Gasteiger partial charge on any atom is -0.389 e. The molecule has 2 atom stereocenters. The van der Waals surface area contributed by atoms with Crippen LogP contribution in [0.15, 0.2) is 18.5 Å². The monoisotopic (exact) mass is 299 g/mol. The Morgan fingerprint density at radius 3 is 2.81 bits per heavy atom. The summed E-state index contributed by atoms with van der Waals surface area (Å²) in [5.74, 6) is 0. The third-order valence-electron chi connectivity index (χ3n) is 3.05. The first-order chi connectivity index (χ1) is 10.2. The van der Waals surface area contributed by atoms with Crippen molar-refractivity contribution in [2.24, 2.45) is 0 Å². The average Bonchev–Trinajstić information content (AvgIpc) is 2.97. The number of ether oxygens (including phenoxy) is 2. The van der Waals surface area contributed by atoms with Crippen molar-refractivity contribution in [3.05, 3.63) is 18.5 Å². The van der Waals surface area contributed by atoms with Gasteiger partial charge in [0, 0.05) is 31.6 Å². The van der Waals surface area contributed by atoms with Crippen molar-refractivity contribution < 1.29 is 14.6 Å². The van der Waals surface area contributed by atoms with E-state index in [9.17, 15) is 5.11 Å². The molecule has 1 rings (SSSR count). The summed E-state index contributed by atoms with van der Waals surface area (Å²) in [5, 5.41) is 17.2. The molecule has 1 aromatic heterocycles. The molecule has 21 heavy (non-hydrogen) atoms. The van der Waals surface area contributed by atoms with Crippen molar-refractivity contribution >= 4 is 0 Å². The molecule has 6 nitrogen and oxygen atoms in total. The number of aliphatic hydroxyl groups is 1. The number of nitrogens with one attached hydrogen (secondary N) is 1. The molecule has 0 aliphatic rings. The summed E-state index contributed by atoms with van der Waals surface area (Å²) >= 11 is 0. The van der Waals surface area contributed by atoms with E-state index in [4.69, 9.17) is 9.47 Å². The van der Waals surface area contributed by atoms with Gasteiger partial charge in [-0.15, -0.1) is 0 Å². The zero-order chi connectivity index (χ0) is 15.3. The fourth-order valence-corrected chi connectivity index (χ4v) is 1.84. The van der Waals surface area contributed by atoms with Gasteiger partial charge in [0.25, 0.3) is 0 Å².